The summed E-state index contributed by atoms with van der Waals surface area (Å²) in [7, 11) is 2.24. The van der Waals surface area contributed by atoms with Crippen LogP contribution in [-0.2, 0) is 11.2 Å². The number of carboxylic acid groups (broad SMARTS) is 1. The topological polar surface area (TPSA) is 37.3 Å². The number of benzene rings is 1. The molecule has 0 aliphatic rings. The van der Waals surface area contributed by atoms with E-state index in [0.29, 0.717) is 0 Å². The maximum Gasteiger partial charge on any atom is 0.309 e. The van der Waals surface area contributed by atoms with Gasteiger partial charge in [0.25, 0.3) is 0 Å². The molecule has 1 rings (SSSR count). The number of rotatable bonds is 17. The molecule has 0 fully saturated rings. The predicted molar refractivity (Wildman–Crippen MR) is 115 cm³/mol. The van der Waals surface area contributed by atoms with Gasteiger partial charge >= 0.3 is 5.97 Å². The van der Waals surface area contributed by atoms with E-state index >= 15 is 0 Å². The standard InChI is InChI=1S/C24H41NO2/c1-3-4-5-6-7-8-9-10-11-15-20-25(2,22-19-24(26)27)21-18-23-16-13-12-14-17-23/h12-14,16-17H,3-11,15,18-22H2,1-2H3/p+1. The molecule has 0 bridgehead atoms. The van der Waals surface area contributed by atoms with Crippen LogP contribution in [0.1, 0.15) is 83.1 Å². The third-order valence-corrected chi connectivity index (χ3v) is 5.70. The molecule has 0 spiro atoms. The van der Waals surface area contributed by atoms with E-state index in [-0.39, 0.29) is 6.42 Å². The molecule has 1 aromatic rings. The first-order valence-electron chi connectivity index (χ1n) is 11.1. The van der Waals surface area contributed by atoms with Crippen molar-refractivity contribution in [1.29, 1.82) is 0 Å². The van der Waals surface area contributed by atoms with Crippen LogP contribution in [0.15, 0.2) is 30.3 Å². The summed E-state index contributed by atoms with van der Waals surface area (Å²) in [5, 5.41) is 9.10. The molecule has 0 aliphatic heterocycles. The maximum atomic E-state index is 11.1. The Bertz CT molecular complexity index is 488. The molecule has 1 atom stereocenters. The molecule has 1 unspecified atom stereocenters. The molecule has 0 saturated carbocycles. The van der Waals surface area contributed by atoms with Crippen molar-refractivity contribution >= 4 is 5.97 Å². The summed E-state index contributed by atoms with van der Waals surface area (Å²) in [6.07, 6.45) is 14.7. The fraction of sp³-hybridized carbons (Fsp3) is 0.708. The third kappa shape index (κ3) is 12.6. The van der Waals surface area contributed by atoms with E-state index in [4.69, 9.17) is 5.11 Å². The van der Waals surface area contributed by atoms with Gasteiger partial charge in [0.05, 0.1) is 33.1 Å². The van der Waals surface area contributed by atoms with E-state index in [1.165, 1.54) is 69.8 Å². The second-order valence-electron chi connectivity index (χ2n) is 8.35. The van der Waals surface area contributed by atoms with Gasteiger partial charge in [-0.2, -0.15) is 0 Å². The van der Waals surface area contributed by atoms with Crippen LogP contribution >= 0.6 is 0 Å². The summed E-state index contributed by atoms with van der Waals surface area (Å²) in [5.74, 6) is -0.679. The lowest BCUT2D eigenvalue weighted by Crippen LogP contribution is -2.47. The highest BCUT2D eigenvalue weighted by atomic mass is 16.4. The molecule has 1 N–H and O–H groups in total. The quantitative estimate of drug-likeness (QED) is 0.264. The minimum Gasteiger partial charge on any atom is -0.481 e. The predicted octanol–water partition coefficient (Wildman–Crippen LogP) is 6.07. The first-order chi connectivity index (χ1) is 13.1. The highest BCUT2D eigenvalue weighted by Crippen LogP contribution is 2.14. The Morgan fingerprint density at radius 3 is 1.93 bits per heavy atom. The molecule has 3 nitrogen and oxygen atoms in total. The van der Waals surface area contributed by atoms with Crippen LogP contribution in [0.2, 0.25) is 0 Å². The van der Waals surface area contributed by atoms with Gasteiger partial charge in [-0.1, -0.05) is 88.6 Å². The van der Waals surface area contributed by atoms with Gasteiger partial charge in [0.2, 0.25) is 0 Å². The molecule has 27 heavy (non-hydrogen) atoms. The summed E-state index contributed by atoms with van der Waals surface area (Å²) in [6.45, 7) is 5.12. The Morgan fingerprint density at radius 2 is 1.37 bits per heavy atom. The number of quaternary nitrogens is 1. The summed E-state index contributed by atoms with van der Waals surface area (Å²) in [4.78, 5) is 11.1. The summed E-state index contributed by atoms with van der Waals surface area (Å²) >= 11 is 0. The molecular formula is C24H42NO2+. The average molecular weight is 377 g/mol. The zero-order chi connectivity index (χ0) is 19.8. The van der Waals surface area contributed by atoms with E-state index in [0.717, 1.165) is 30.5 Å². The van der Waals surface area contributed by atoms with Gasteiger partial charge in [-0.05, 0) is 18.4 Å². The van der Waals surface area contributed by atoms with E-state index in [1.54, 1.807) is 0 Å². The smallest absolute Gasteiger partial charge is 0.309 e. The largest absolute Gasteiger partial charge is 0.481 e. The maximum absolute atomic E-state index is 11.1. The number of likely N-dealkylation sites (N-methyl/N-ethyl adjacent to an activating group) is 1. The molecule has 1 aromatic carbocycles. The zero-order valence-corrected chi connectivity index (χ0v) is 17.8. The highest BCUT2D eigenvalue weighted by Gasteiger charge is 2.22. The zero-order valence-electron chi connectivity index (χ0n) is 17.8. The van der Waals surface area contributed by atoms with Gasteiger partial charge in [-0.15, -0.1) is 0 Å². The Balaban J connectivity index is 2.25. The third-order valence-electron chi connectivity index (χ3n) is 5.70. The van der Waals surface area contributed by atoms with Crippen molar-refractivity contribution in [3.05, 3.63) is 35.9 Å². The summed E-state index contributed by atoms with van der Waals surface area (Å²) in [6, 6.07) is 10.5. The fourth-order valence-electron chi connectivity index (χ4n) is 3.73. The number of carbonyl (C=O) groups is 1. The number of hydrogen-bond acceptors (Lipinski definition) is 1. The average Bonchev–Trinajstić information content (AvgIpc) is 2.67. The second-order valence-corrected chi connectivity index (χ2v) is 8.35. The van der Waals surface area contributed by atoms with Crippen LogP contribution in [0, 0.1) is 0 Å². The lowest BCUT2D eigenvalue weighted by Gasteiger charge is -2.34. The van der Waals surface area contributed by atoms with Crippen LogP contribution in [0.5, 0.6) is 0 Å². The summed E-state index contributed by atoms with van der Waals surface area (Å²) in [5.41, 5.74) is 1.35. The summed E-state index contributed by atoms with van der Waals surface area (Å²) < 4.78 is 0.873. The second kappa shape index (κ2) is 14.7. The van der Waals surface area contributed by atoms with E-state index < -0.39 is 5.97 Å². The van der Waals surface area contributed by atoms with Crippen LogP contribution < -0.4 is 0 Å². The van der Waals surface area contributed by atoms with Crippen LogP contribution in [-0.4, -0.2) is 42.2 Å². The van der Waals surface area contributed by atoms with Gasteiger partial charge < -0.3 is 9.59 Å². The molecule has 0 aromatic heterocycles. The van der Waals surface area contributed by atoms with Gasteiger partial charge in [0, 0.05) is 6.42 Å². The molecular weight excluding hydrogens is 334 g/mol. The first-order valence-corrected chi connectivity index (χ1v) is 11.1. The van der Waals surface area contributed by atoms with Crippen molar-refractivity contribution in [3.63, 3.8) is 0 Å². The van der Waals surface area contributed by atoms with E-state index in [9.17, 15) is 4.79 Å². The first kappa shape index (κ1) is 23.7. The van der Waals surface area contributed by atoms with Crippen molar-refractivity contribution in [3.8, 4) is 0 Å². The molecule has 0 heterocycles. The van der Waals surface area contributed by atoms with E-state index in [2.05, 4.69) is 38.2 Å². The Hall–Kier alpha value is -1.35. The molecule has 0 radical (unpaired) electrons. The lowest BCUT2D eigenvalue weighted by atomic mass is 10.1. The highest BCUT2D eigenvalue weighted by molar-refractivity contribution is 5.66. The normalized spacial score (nSPS) is 13.4. The molecule has 3 heteroatoms. The lowest BCUT2D eigenvalue weighted by molar-refractivity contribution is -0.909. The Labute approximate surface area is 167 Å². The molecule has 0 amide bonds. The van der Waals surface area contributed by atoms with Crippen LogP contribution in [0.3, 0.4) is 0 Å². The molecule has 154 valence electrons. The Kier molecular flexibility index (Phi) is 12.9. The minimum absolute atomic E-state index is 0.267. The van der Waals surface area contributed by atoms with E-state index in [1.807, 2.05) is 6.07 Å². The number of carboxylic acids is 1. The van der Waals surface area contributed by atoms with Crippen molar-refractivity contribution in [2.24, 2.45) is 0 Å². The van der Waals surface area contributed by atoms with Crippen molar-refractivity contribution in [1.82, 2.24) is 0 Å². The van der Waals surface area contributed by atoms with Gasteiger partial charge in [0.15, 0.2) is 0 Å². The minimum atomic E-state index is -0.679. The van der Waals surface area contributed by atoms with Crippen molar-refractivity contribution in [2.45, 2.75) is 84.0 Å². The van der Waals surface area contributed by atoms with Crippen LogP contribution in [0.4, 0.5) is 0 Å². The number of aliphatic carboxylic acids is 1. The fourth-order valence-corrected chi connectivity index (χ4v) is 3.73. The number of hydrogen-bond donors (Lipinski definition) is 1. The van der Waals surface area contributed by atoms with Gasteiger partial charge in [-0.3, -0.25) is 4.79 Å². The van der Waals surface area contributed by atoms with Gasteiger partial charge in [0.1, 0.15) is 0 Å². The molecule has 0 saturated heterocycles. The van der Waals surface area contributed by atoms with Crippen molar-refractivity contribution < 1.29 is 14.4 Å². The van der Waals surface area contributed by atoms with Crippen LogP contribution in [0.25, 0.3) is 0 Å². The molecule has 0 aliphatic carbocycles. The van der Waals surface area contributed by atoms with Gasteiger partial charge in [-0.25, -0.2) is 0 Å². The Morgan fingerprint density at radius 1 is 0.815 bits per heavy atom. The number of unbranched alkanes of at least 4 members (excludes halogenated alkanes) is 9. The SMILES string of the molecule is CCCCCCCCCCCC[N+](C)(CCC(=O)O)CCc1ccccc1. The van der Waals surface area contributed by atoms with Crippen molar-refractivity contribution in [2.75, 3.05) is 26.7 Å². The monoisotopic (exact) mass is 376 g/mol. The number of nitrogens with zero attached hydrogens (tertiary/aromatic N) is 1.